The molecule has 0 saturated carbocycles. The molecule has 0 N–H and O–H groups in total. The van der Waals surface area contributed by atoms with Gasteiger partial charge in [-0.05, 0) is 162 Å². The second-order valence-electron chi connectivity index (χ2n) is 17.4. The van der Waals surface area contributed by atoms with E-state index >= 15 is 0 Å². The van der Waals surface area contributed by atoms with Gasteiger partial charge in [-0.3, -0.25) is 0 Å². The maximum atomic E-state index is 10.4. The molecule has 0 saturated heterocycles. The standard InChI is InChI=1S/C63H38N4/c64-39-42-17-7-15-29-59(42)66(45-19-3-1-4-20-45)47-32-31-41-36-55-58(37-44(41)35-47)63(56-27-13-11-24-50(56)51-25-12-14-28-57(51)63)62-53-34-33-48(38-54(53)49-23-9-10-26-52(49)61(55)62)67(46-21-5-2-6-22-46)60-30-16-8-18-43(60)40-65/h1-38H. The summed E-state index contributed by atoms with van der Waals surface area (Å²) in [5.41, 5.74) is 16.2. The molecule has 11 aromatic carbocycles. The number of para-hydroxylation sites is 4. The smallest absolute Gasteiger partial charge is 0.101 e. The van der Waals surface area contributed by atoms with Crippen LogP contribution in [0.4, 0.5) is 34.1 Å². The van der Waals surface area contributed by atoms with Crippen molar-refractivity contribution in [3.8, 4) is 34.4 Å². The number of anilines is 6. The Hall–Kier alpha value is -9.22. The summed E-state index contributed by atoms with van der Waals surface area (Å²) in [6.07, 6.45) is 0. The second-order valence-corrected chi connectivity index (χ2v) is 17.4. The van der Waals surface area contributed by atoms with Crippen LogP contribution < -0.4 is 9.80 Å². The predicted molar refractivity (Wildman–Crippen MR) is 274 cm³/mol. The van der Waals surface area contributed by atoms with Gasteiger partial charge in [-0.15, -0.1) is 0 Å². The van der Waals surface area contributed by atoms with Crippen LogP contribution in [0.25, 0.3) is 54.6 Å². The van der Waals surface area contributed by atoms with Gasteiger partial charge in [-0.2, -0.15) is 10.5 Å². The van der Waals surface area contributed by atoms with Crippen LogP contribution in [0.5, 0.6) is 0 Å². The number of nitrogens with zero attached hydrogens (tertiary/aromatic N) is 4. The SMILES string of the molecule is N#Cc1ccccc1N(c1ccccc1)c1ccc2cc3c(cc2c1)C1(c2ccccc2-c2ccccc21)c1c-3c2ccccc2c2cc(N(c3ccccc3)c3ccccc3C#N)ccc12. The third kappa shape index (κ3) is 5.51. The third-order valence-corrected chi connectivity index (χ3v) is 14.0. The average Bonchev–Trinajstić information content (AvgIpc) is 3.86. The second kappa shape index (κ2) is 14.9. The summed E-state index contributed by atoms with van der Waals surface area (Å²) in [6, 6.07) is 86.6. The molecule has 310 valence electrons. The van der Waals surface area contributed by atoms with Gasteiger partial charge < -0.3 is 9.80 Å². The first-order valence-electron chi connectivity index (χ1n) is 22.6. The van der Waals surface area contributed by atoms with Crippen LogP contribution in [0.15, 0.2) is 231 Å². The van der Waals surface area contributed by atoms with Gasteiger partial charge in [0.25, 0.3) is 0 Å². The summed E-state index contributed by atoms with van der Waals surface area (Å²) >= 11 is 0. The number of fused-ring (bicyclic) bond motifs is 16. The summed E-state index contributed by atoms with van der Waals surface area (Å²) in [4.78, 5) is 4.41. The molecule has 11 aromatic rings. The number of nitriles is 2. The van der Waals surface area contributed by atoms with Crippen molar-refractivity contribution in [2.75, 3.05) is 9.80 Å². The number of benzene rings is 11. The van der Waals surface area contributed by atoms with Crippen molar-refractivity contribution in [3.05, 3.63) is 264 Å². The Bertz CT molecular complexity index is 3870. The molecule has 0 aliphatic heterocycles. The number of hydrogen-bond donors (Lipinski definition) is 0. The fraction of sp³-hybridized carbons (Fsp3) is 0.0159. The molecular weight excluding hydrogens is 813 g/mol. The minimum Gasteiger partial charge on any atom is -0.309 e. The zero-order valence-electron chi connectivity index (χ0n) is 36.2. The molecule has 0 atom stereocenters. The molecule has 4 heteroatoms. The van der Waals surface area contributed by atoms with Crippen molar-refractivity contribution < 1.29 is 0 Å². The zero-order valence-corrected chi connectivity index (χ0v) is 36.2. The molecule has 0 heterocycles. The molecule has 0 fully saturated rings. The highest BCUT2D eigenvalue weighted by Crippen LogP contribution is 2.66. The van der Waals surface area contributed by atoms with E-state index in [2.05, 4.69) is 168 Å². The van der Waals surface area contributed by atoms with Gasteiger partial charge in [0.2, 0.25) is 0 Å². The average molecular weight is 851 g/mol. The summed E-state index contributed by atoms with van der Waals surface area (Å²) in [5.74, 6) is 0. The van der Waals surface area contributed by atoms with E-state index in [9.17, 15) is 10.5 Å². The van der Waals surface area contributed by atoms with Gasteiger partial charge in [-0.25, -0.2) is 0 Å². The lowest BCUT2D eigenvalue weighted by Gasteiger charge is -2.32. The quantitative estimate of drug-likeness (QED) is 0.156. The van der Waals surface area contributed by atoms with Gasteiger partial charge in [0.05, 0.1) is 27.9 Å². The number of rotatable bonds is 6. The third-order valence-electron chi connectivity index (χ3n) is 14.0. The molecule has 0 aromatic heterocycles. The summed E-state index contributed by atoms with van der Waals surface area (Å²) in [5, 5.41) is 27.7. The van der Waals surface area contributed by atoms with Crippen LogP contribution in [0.3, 0.4) is 0 Å². The van der Waals surface area contributed by atoms with Crippen molar-refractivity contribution >= 4 is 66.4 Å². The number of hydrogen-bond acceptors (Lipinski definition) is 4. The molecule has 4 nitrogen and oxygen atoms in total. The maximum absolute atomic E-state index is 10.4. The van der Waals surface area contributed by atoms with Crippen LogP contribution in [-0.4, -0.2) is 0 Å². The van der Waals surface area contributed by atoms with E-state index < -0.39 is 5.41 Å². The Balaban J connectivity index is 1.12. The van der Waals surface area contributed by atoms with Crippen LogP contribution in [0, 0.1) is 22.7 Å². The van der Waals surface area contributed by atoms with E-state index in [0.717, 1.165) is 50.3 Å². The lowest BCUT2D eigenvalue weighted by atomic mass is 9.69. The maximum Gasteiger partial charge on any atom is 0.101 e. The minimum absolute atomic E-state index is 0.607. The van der Waals surface area contributed by atoms with Gasteiger partial charge in [0.1, 0.15) is 12.1 Å². The van der Waals surface area contributed by atoms with Crippen molar-refractivity contribution in [2.24, 2.45) is 0 Å². The first-order valence-corrected chi connectivity index (χ1v) is 22.6. The molecule has 2 aliphatic rings. The van der Waals surface area contributed by atoms with E-state index in [1.165, 1.54) is 60.7 Å². The van der Waals surface area contributed by atoms with E-state index in [4.69, 9.17) is 0 Å². The van der Waals surface area contributed by atoms with E-state index in [1.807, 2.05) is 84.9 Å². The Labute approximate surface area is 388 Å². The highest BCUT2D eigenvalue weighted by Gasteiger charge is 2.53. The normalized spacial score (nSPS) is 12.6. The first-order chi connectivity index (χ1) is 33.2. The lowest BCUT2D eigenvalue weighted by molar-refractivity contribution is 0.803. The Morgan fingerprint density at radius 2 is 0.836 bits per heavy atom. The van der Waals surface area contributed by atoms with Gasteiger partial charge in [0, 0.05) is 22.7 Å². The van der Waals surface area contributed by atoms with Gasteiger partial charge >= 0.3 is 0 Å². The van der Waals surface area contributed by atoms with E-state index in [-0.39, 0.29) is 0 Å². The van der Waals surface area contributed by atoms with E-state index in [0.29, 0.717) is 11.1 Å². The van der Waals surface area contributed by atoms with Gasteiger partial charge in [0.15, 0.2) is 0 Å². The fourth-order valence-electron chi connectivity index (χ4n) is 11.4. The zero-order chi connectivity index (χ0) is 44.6. The van der Waals surface area contributed by atoms with Gasteiger partial charge in [-0.1, -0.05) is 146 Å². The molecule has 0 bridgehead atoms. The summed E-state index contributed by atoms with van der Waals surface area (Å²) in [6.45, 7) is 0. The monoisotopic (exact) mass is 850 g/mol. The van der Waals surface area contributed by atoms with Crippen LogP contribution in [0.2, 0.25) is 0 Å². The Morgan fingerprint density at radius 1 is 0.328 bits per heavy atom. The van der Waals surface area contributed by atoms with Crippen molar-refractivity contribution in [2.45, 2.75) is 5.41 Å². The highest BCUT2D eigenvalue weighted by molar-refractivity contribution is 6.21. The predicted octanol–water partition coefficient (Wildman–Crippen LogP) is 16.2. The molecule has 0 radical (unpaired) electrons. The largest absolute Gasteiger partial charge is 0.309 e. The van der Waals surface area contributed by atoms with E-state index in [1.54, 1.807) is 0 Å². The molecule has 13 rings (SSSR count). The summed E-state index contributed by atoms with van der Waals surface area (Å²) in [7, 11) is 0. The van der Waals surface area contributed by atoms with Crippen LogP contribution >= 0.6 is 0 Å². The molecule has 0 amide bonds. The van der Waals surface area contributed by atoms with Crippen molar-refractivity contribution in [1.82, 2.24) is 0 Å². The molecule has 67 heavy (non-hydrogen) atoms. The molecular formula is C63H38N4. The molecule has 2 aliphatic carbocycles. The van der Waals surface area contributed by atoms with Crippen molar-refractivity contribution in [1.29, 1.82) is 10.5 Å². The summed E-state index contributed by atoms with van der Waals surface area (Å²) < 4.78 is 0. The fourth-order valence-corrected chi connectivity index (χ4v) is 11.4. The van der Waals surface area contributed by atoms with Crippen molar-refractivity contribution in [3.63, 3.8) is 0 Å². The Kier molecular flexibility index (Phi) is 8.52. The molecule has 1 spiro atoms. The minimum atomic E-state index is -0.648. The highest BCUT2D eigenvalue weighted by atomic mass is 15.1. The van der Waals surface area contributed by atoms with Crippen LogP contribution in [-0.2, 0) is 5.41 Å². The molecule has 0 unspecified atom stereocenters. The first kappa shape index (κ1) is 38.3. The Morgan fingerprint density at radius 3 is 1.45 bits per heavy atom. The topological polar surface area (TPSA) is 54.1 Å². The lowest BCUT2D eigenvalue weighted by Crippen LogP contribution is -2.26. The van der Waals surface area contributed by atoms with Crippen LogP contribution in [0.1, 0.15) is 33.4 Å².